The highest BCUT2D eigenvalue weighted by Crippen LogP contribution is 2.26. The van der Waals surface area contributed by atoms with Gasteiger partial charge in [-0.05, 0) is 38.3 Å². The number of nitrogens with zero attached hydrogens (tertiary/aromatic N) is 1. The number of rotatable bonds is 4. The summed E-state index contributed by atoms with van der Waals surface area (Å²) in [6.07, 6.45) is 0. The first-order chi connectivity index (χ1) is 9.12. The number of benzene rings is 1. The quantitative estimate of drug-likeness (QED) is 0.477. The van der Waals surface area contributed by atoms with Gasteiger partial charge in [0.15, 0.2) is 0 Å². The van der Waals surface area contributed by atoms with Crippen LogP contribution in [0.5, 0.6) is 0 Å². The van der Waals surface area contributed by atoms with E-state index in [4.69, 9.17) is 4.74 Å². The third kappa shape index (κ3) is 4.05. The van der Waals surface area contributed by atoms with Crippen LogP contribution in [0.25, 0.3) is 0 Å². The van der Waals surface area contributed by atoms with Crippen LogP contribution in [0.2, 0.25) is 0 Å². The van der Waals surface area contributed by atoms with Crippen LogP contribution in [-0.2, 0) is 16.1 Å². The molecule has 1 rings (SSSR count). The molecule has 0 aliphatic heterocycles. The predicted molar refractivity (Wildman–Crippen MR) is 76.4 cm³/mol. The molecular weight excluding hydrogens is 258 g/mol. The second kappa shape index (κ2) is 6.03. The minimum atomic E-state index is -0.618. The lowest BCUT2D eigenvalue weighted by Gasteiger charge is -2.16. The van der Waals surface area contributed by atoms with Gasteiger partial charge in [0.2, 0.25) is 0 Å². The summed E-state index contributed by atoms with van der Waals surface area (Å²) in [5.74, 6) is -0.167. The Morgan fingerprint density at radius 1 is 1.35 bits per heavy atom. The lowest BCUT2D eigenvalue weighted by molar-refractivity contribution is -0.385. The number of hydrogen-bond acceptors (Lipinski definition) is 4. The summed E-state index contributed by atoms with van der Waals surface area (Å²) in [5.41, 5.74) is 0.685. The highest BCUT2D eigenvalue weighted by Gasteiger charge is 2.24. The SMILES string of the molecule is CC(C)c1ccc(COC(=O)C(C)(C)C)c([N+](=O)[O-])c1. The average molecular weight is 279 g/mol. The molecule has 0 fully saturated rings. The Bertz CT molecular complexity index is 515. The van der Waals surface area contributed by atoms with Crippen molar-refractivity contribution in [1.29, 1.82) is 0 Å². The van der Waals surface area contributed by atoms with Crippen molar-refractivity contribution < 1.29 is 14.5 Å². The van der Waals surface area contributed by atoms with Gasteiger partial charge < -0.3 is 4.74 Å². The molecule has 0 aromatic heterocycles. The first-order valence-electron chi connectivity index (χ1n) is 6.57. The number of nitro groups is 1. The summed E-state index contributed by atoms with van der Waals surface area (Å²) in [5, 5.41) is 11.1. The second-order valence-electron chi connectivity index (χ2n) is 6.13. The molecule has 0 unspecified atom stereocenters. The van der Waals surface area contributed by atoms with E-state index in [2.05, 4.69) is 0 Å². The minimum absolute atomic E-state index is 0.00194. The molecule has 0 bridgehead atoms. The number of ether oxygens (including phenoxy) is 1. The highest BCUT2D eigenvalue weighted by molar-refractivity contribution is 5.75. The van der Waals surface area contributed by atoms with Crippen molar-refractivity contribution >= 4 is 11.7 Å². The zero-order valence-electron chi connectivity index (χ0n) is 12.6. The highest BCUT2D eigenvalue weighted by atomic mass is 16.6. The lowest BCUT2D eigenvalue weighted by atomic mass is 9.97. The van der Waals surface area contributed by atoms with E-state index in [-0.39, 0.29) is 24.2 Å². The Balaban J connectivity index is 2.96. The Kier molecular flexibility index (Phi) is 4.87. The molecule has 0 radical (unpaired) electrons. The molecule has 0 N–H and O–H groups in total. The van der Waals surface area contributed by atoms with Crippen molar-refractivity contribution in [2.24, 2.45) is 5.41 Å². The van der Waals surface area contributed by atoms with Crippen molar-refractivity contribution in [3.63, 3.8) is 0 Å². The molecule has 5 nitrogen and oxygen atoms in total. The number of esters is 1. The van der Waals surface area contributed by atoms with Crippen LogP contribution in [0.3, 0.4) is 0 Å². The topological polar surface area (TPSA) is 69.4 Å². The first-order valence-corrected chi connectivity index (χ1v) is 6.57. The van der Waals surface area contributed by atoms with Crippen LogP contribution in [0, 0.1) is 15.5 Å². The van der Waals surface area contributed by atoms with Gasteiger partial charge in [0, 0.05) is 6.07 Å². The number of carbonyl (C=O) groups is 1. The van der Waals surface area contributed by atoms with E-state index in [0.717, 1.165) is 5.56 Å². The van der Waals surface area contributed by atoms with Crippen LogP contribution in [0.1, 0.15) is 51.7 Å². The first kappa shape index (κ1) is 16.1. The Morgan fingerprint density at radius 2 is 1.95 bits per heavy atom. The van der Waals surface area contributed by atoms with E-state index in [1.54, 1.807) is 32.9 Å². The van der Waals surface area contributed by atoms with Gasteiger partial charge in [0.05, 0.1) is 15.9 Å². The fourth-order valence-electron chi connectivity index (χ4n) is 1.59. The van der Waals surface area contributed by atoms with Crippen LogP contribution in [0.4, 0.5) is 5.69 Å². The molecule has 0 amide bonds. The van der Waals surface area contributed by atoms with E-state index in [1.807, 2.05) is 19.9 Å². The van der Waals surface area contributed by atoms with E-state index in [1.165, 1.54) is 0 Å². The number of nitro benzene ring substituents is 1. The molecule has 1 aromatic rings. The van der Waals surface area contributed by atoms with Crippen LogP contribution in [0.15, 0.2) is 18.2 Å². The number of hydrogen-bond donors (Lipinski definition) is 0. The summed E-state index contributed by atoms with van der Waals surface area (Å²) in [7, 11) is 0. The smallest absolute Gasteiger partial charge is 0.311 e. The average Bonchev–Trinajstić information content (AvgIpc) is 2.34. The fourth-order valence-corrected chi connectivity index (χ4v) is 1.59. The van der Waals surface area contributed by atoms with Crippen molar-refractivity contribution in [2.75, 3.05) is 0 Å². The van der Waals surface area contributed by atoms with Crippen molar-refractivity contribution in [3.05, 3.63) is 39.4 Å². The van der Waals surface area contributed by atoms with Crippen LogP contribution in [-0.4, -0.2) is 10.9 Å². The largest absolute Gasteiger partial charge is 0.460 e. The van der Waals surface area contributed by atoms with Gasteiger partial charge in [0.1, 0.15) is 6.61 Å². The molecule has 110 valence electrons. The Morgan fingerprint density at radius 3 is 2.40 bits per heavy atom. The summed E-state index contributed by atoms with van der Waals surface area (Å²) >= 11 is 0. The Labute approximate surface area is 119 Å². The summed E-state index contributed by atoms with van der Waals surface area (Å²) in [4.78, 5) is 22.4. The van der Waals surface area contributed by atoms with Crippen molar-refractivity contribution in [3.8, 4) is 0 Å². The zero-order valence-corrected chi connectivity index (χ0v) is 12.6. The van der Waals surface area contributed by atoms with E-state index in [9.17, 15) is 14.9 Å². The van der Waals surface area contributed by atoms with Gasteiger partial charge in [-0.15, -0.1) is 0 Å². The van der Waals surface area contributed by atoms with E-state index < -0.39 is 10.3 Å². The van der Waals surface area contributed by atoms with Gasteiger partial charge in [-0.1, -0.05) is 19.9 Å². The molecule has 5 heteroatoms. The van der Waals surface area contributed by atoms with Crippen molar-refractivity contribution in [2.45, 2.75) is 47.1 Å². The van der Waals surface area contributed by atoms with Crippen LogP contribution < -0.4 is 0 Å². The van der Waals surface area contributed by atoms with E-state index in [0.29, 0.717) is 5.56 Å². The third-order valence-corrected chi connectivity index (χ3v) is 2.94. The predicted octanol–water partition coefficient (Wildman–Crippen LogP) is 3.81. The van der Waals surface area contributed by atoms with Gasteiger partial charge in [-0.3, -0.25) is 14.9 Å². The lowest BCUT2D eigenvalue weighted by Crippen LogP contribution is -2.22. The summed E-state index contributed by atoms with van der Waals surface area (Å²) in [6.45, 7) is 9.09. The van der Waals surface area contributed by atoms with Gasteiger partial charge in [0.25, 0.3) is 5.69 Å². The second-order valence-corrected chi connectivity index (χ2v) is 6.13. The monoisotopic (exact) mass is 279 g/mol. The maximum atomic E-state index is 11.7. The molecule has 0 saturated carbocycles. The molecule has 0 aliphatic carbocycles. The van der Waals surface area contributed by atoms with Crippen LogP contribution >= 0.6 is 0 Å². The molecule has 20 heavy (non-hydrogen) atoms. The summed E-state index contributed by atoms with van der Waals surface area (Å²) in [6, 6.07) is 5.03. The van der Waals surface area contributed by atoms with Gasteiger partial charge in [-0.2, -0.15) is 0 Å². The standard InChI is InChI=1S/C15H21NO4/c1-10(2)11-6-7-12(13(8-11)16(18)19)9-20-14(17)15(3,4)5/h6-8,10H,9H2,1-5H3. The maximum Gasteiger partial charge on any atom is 0.311 e. The van der Waals surface area contributed by atoms with Gasteiger partial charge in [-0.25, -0.2) is 0 Å². The molecule has 0 aliphatic rings. The molecule has 0 heterocycles. The Hall–Kier alpha value is -1.91. The third-order valence-electron chi connectivity index (χ3n) is 2.94. The van der Waals surface area contributed by atoms with Crippen molar-refractivity contribution in [1.82, 2.24) is 0 Å². The van der Waals surface area contributed by atoms with Gasteiger partial charge >= 0.3 is 5.97 Å². The minimum Gasteiger partial charge on any atom is -0.460 e. The fraction of sp³-hybridized carbons (Fsp3) is 0.533. The summed E-state index contributed by atoms with van der Waals surface area (Å²) < 4.78 is 5.14. The normalized spacial score (nSPS) is 11.5. The molecule has 1 aromatic carbocycles. The molecule has 0 spiro atoms. The zero-order chi connectivity index (χ0) is 15.5. The molecular formula is C15H21NO4. The number of carbonyl (C=O) groups excluding carboxylic acids is 1. The maximum absolute atomic E-state index is 11.7. The molecule has 0 atom stereocenters. The molecule has 0 saturated heterocycles. The van der Waals surface area contributed by atoms with E-state index >= 15 is 0 Å².